The molecule has 1 aromatic heterocycles. The number of thiophene rings is 1. The quantitative estimate of drug-likeness (QED) is 0.299. The van der Waals surface area contributed by atoms with Gasteiger partial charge in [-0.05, 0) is 38.1 Å². The van der Waals surface area contributed by atoms with Gasteiger partial charge in [0.1, 0.15) is 5.75 Å². The molecule has 2 rings (SSSR count). The van der Waals surface area contributed by atoms with E-state index in [1.54, 1.807) is 23.5 Å². The number of benzene rings is 1. The number of hydrogen-bond donors (Lipinski definition) is 2. The van der Waals surface area contributed by atoms with Crippen molar-refractivity contribution in [1.29, 1.82) is 0 Å². The van der Waals surface area contributed by atoms with Gasteiger partial charge in [-0.2, -0.15) is 0 Å². The van der Waals surface area contributed by atoms with Crippen molar-refractivity contribution in [2.75, 3.05) is 0 Å². The van der Waals surface area contributed by atoms with Crippen LogP contribution in [0.2, 0.25) is 0 Å². The van der Waals surface area contributed by atoms with Crippen molar-refractivity contribution in [1.82, 2.24) is 5.43 Å². The number of aryl methyl sites for hydroxylation is 1. The Morgan fingerprint density at radius 2 is 1.90 bits per heavy atom. The molecule has 0 aliphatic rings. The fraction of sp³-hybridized carbons (Fsp3) is 0.133. The highest BCUT2D eigenvalue weighted by atomic mass is 32.1. The predicted molar refractivity (Wildman–Crippen MR) is 81.1 cm³/mol. The maximum atomic E-state index is 11.9. The van der Waals surface area contributed by atoms with Crippen molar-refractivity contribution in [2.24, 2.45) is 5.84 Å². The fourth-order valence-electron chi connectivity index (χ4n) is 1.71. The Hall–Kier alpha value is -2.11. The zero-order valence-corrected chi connectivity index (χ0v) is 12.2. The number of ether oxygens (including phenoxy) is 1. The first kappa shape index (κ1) is 14.3. The maximum absolute atomic E-state index is 11.9. The van der Waals surface area contributed by atoms with Gasteiger partial charge in [-0.25, -0.2) is 5.84 Å². The lowest BCUT2D eigenvalue weighted by atomic mass is 10.2. The van der Waals surface area contributed by atoms with E-state index in [1.165, 1.54) is 4.88 Å². The molecule has 0 bridgehead atoms. The highest BCUT2D eigenvalue weighted by Crippen LogP contribution is 2.27. The number of para-hydroxylation sites is 1. The molecule has 0 atom stereocenters. The standard InChI is InChI=1S/C15H16N2O2S/c1-10-8-9-13(20-10)11(2)14(15(18)17-16)19-12-6-4-3-5-7-12/h3-9H,16H2,1-2H3,(H,17,18)/b14-11+. The normalized spacial score (nSPS) is 11.8. The van der Waals surface area contributed by atoms with Crippen LogP contribution in [0, 0.1) is 6.92 Å². The van der Waals surface area contributed by atoms with Gasteiger partial charge >= 0.3 is 5.91 Å². The van der Waals surface area contributed by atoms with E-state index in [-0.39, 0.29) is 5.76 Å². The van der Waals surface area contributed by atoms with Crippen molar-refractivity contribution in [3.05, 3.63) is 58.0 Å². The van der Waals surface area contributed by atoms with Crippen LogP contribution in [0.5, 0.6) is 5.75 Å². The summed E-state index contributed by atoms with van der Waals surface area (Å²) in [5.74, 6) is 5.60. The molecule has 4 nitrogen and oxygen atoms in total. The van der Waals surface area contributed by atoms with E-state index < -0.39 is 5.91 Å². The second-order valence-electron chi connectivity index (χ2n) is 4.25. The van der Waals surface area contributed by atoms with Crippen LogP contribution in [-0.4, -0.2) is 5.91 Å². The molecule has 3 N–H and O–H groups in total. The van der Waals surface area contributed by atoms with E-state index in [9.17, 15) is 4.79 Å². The van der Waals surface area contributed by atoms with Crippen molar-refractivity contribution in [2.45, 2.75) is 13.8 Å². The number of carbonyl (C=O) groups excluding carboxylic acids is 1. The van der Waals surface area contributed by atoms with Crippen molar-refractivity contribution >= 4 is 22.8 Å². The van der Waals surface area contributed by atoms with Crippen LogP contribution in [0.3, 0.4) is 0 Å². The van der Waals surface area contributed by atoms with E-state index in [0.717, 1.165) is 10.5 Å². The van der Waals surface area contributed by atoms with E-state index in [0.29, 0.717) is 5.75 Å². The van der Waals surface area contributed by atoms with Gasteiger partial charge in [-0.15, -0.1) is 11.3 Å². The molecule has 0 spiro atoms. The molecule has 0 saturated carbocycles. The van der Waals surface area contributed by atoms with Crippen LogP contribution in [-0.2, 0) is 4.79 Å². The summed E-state index contributed by atoms with van der Waals surface area (Å²) in [5, 5.41) is 0. The molecular weight excluding hydrogens is 272 g/mol. The molecule has 5 heteroatoms. The van der Waals surface area contributed by atoms with E-state index in [4.69, 9.17) is 10.6 Å². The minimum absolute atomic E-state index is 0.209. The molecule has 1 amide bonds. The third-order valence-electron chi connectivity index (χ3n) is 2.75. The Morgan fingerprint density at radius 3 is 2.45 bits per heavy atom. The monoisotopic (exact) mass is 288 g/mol. The third-order valence-corrected chi connectivity index (χ3v) is 3.87. The predicted octanol–water partition coefficient (Wildman–Crippen LogP) is 2.86. The van der Waals surface area contributed by atoms with E-state index in [2.05, 4.69) is 5.43 Å². The third kappa shape index (κ3) is 3.26. The maximum Gasteiger partial charge on any atom is 0.301 e. The summed E-state index contributed by atoms with van der Waals surface area (Å²) >= 11 is 1.60. The van der Waals surface area contributed by atoms with Crippen LogP contribution >= 0.6 is 11.3 Å². The summed E-state index contributed by atoms with van der Waals surface area (Å²) in [4.78, 5) is 14.1. The van der Waals surface area contributed by atoms with E-state index in [1.807, 2.05) is 44.2 Å². The Balaban J connectivity index is 2.39. The number of hydrazine groups is 1. The summed E-state index contributed by atoms with van der Waals surface area (Å²) in [6.07, 6.45) is 0. The summed E-state index contributed by atoms with van der Waals surface area (Å²) in [7, 11) is 0. The Kier molecular flexibility index (Phi) is 4.55. The lowest BCUT2D eigenvalue weighted by molar-refractivity contribution is -0.119. The van der Waals surface area contributed by atoms with Crippen molar-refractivity contribution in [3.63, 3.8) is 0 Å². The van der Waals surface area contributed by atoms with Gasteiger partial charge in [-0.1, -0.05) is 18.2 Å². The molecule has 0 saturated heterocycles. The second-order valence-corrected chi connectivity index (χ2v) is 5.54. The van der Waals surface area contributed by atoms with Crippen LogP contribution in [0.15, 0.2) is 48.2 Å². The summed E-state index contributed by atoms with van der Waals surface area (Å²) in [5.41, 5.74) is 2.88. The van der Waals surface area contributed by atoms with Gasteiger partial charge in [0.05, 0.1) is 0 Å². The zero-order chi connectivity index (χ0) is 14.5. The first-order valence-corrected chi connectivity index (χ1v) is 6.95. The molecule has 2 aromatic rings. The zero-order valence-electron chi connectivity index (χ0n) is 11.3. The fourth-order valence-corrected chi connectivity index (χ4v) is 2.58. The topological polar surface area (TPSA) is 64.3 Å². The SMILES string of the molecule is C/C(=C(\Oc1ccccc1)C(=O)NN)c1ccc(C)s1. The van der Waals surface area contributed by atoms with E-state index >= 15 is 0 Å². The van der Waals surface area contributed by atoms with Gasteiger partial charge in [0.15, 0.2) is 5.76 Å². The van der Waals surface area contributed by atoms with Gasteiger partial charge in [0.25, 0.3) is 0 Å². The summed E-state index contributed by atoms with van der Waals surface area (Å²) < 4.78 is 5.69. The number of carbonyl (C=O) groups is 1. The van der Waals surface area contributed by atoms with Gasteiger partial charge in [0.2, 0.25) is 0 Å². The number of amides is 1. The molecule has 1 heterocycles. The van der Waals surface area contributed by atoms with Gasteiger partial charge in [-0.3, -0.25) is 10.2 Å². The molecular formula is C15H16N2O2S. The Bertz CT molecular complexity index is 632. The summed E-state index contributed by atoms with van der Waals surface area (Å²) in [6.45, 7) is 3.86. The van der Waals surface area contributed by atoms with Crippen LogP contribution in [0.25, 0.3) is 5.57 Å². The number of nitrogens with one attached hydrogen (secondary N) is 1. The molecule has 0 radical (unpaired) electrons. The minimum atomic E-state index is -0.447. The molecule has 0 fully saturated rings. The Morgan fingerprint density at radius 1 is 1.20 bits per heavy atom. The average Bonchev–Trinajstić information content (AvgIpc) is 2.91. The van der Waals surface area contributed by atoms with Gasteiger partial charge < -0.3 is 4.74 Å². The largest absolute Gasteiger partial charge is 0.451 e. The van der Waals surface area contributed by atoms with Crippen LogP contribution in [0.4, 0.5) is 0 Å². The van der Waals surface area contributed by atoms with Gasteiger partial charge in [0, 0.05) is 15.3 Å². The number of allylic oxidation sites excluding steroid dienone is 1. The van der Waals surface area contributed by atoms with Crippen molar-refractivity contribution in [3.8, 4) is 5.75 Å². The minimum Gasteiger partial charge on any atom is -0.451 e. The first-order chi connectivity index (χ1) is 9.61. The smallest absolute Gasteiger partial charge is 0.301 e. The highest BCUT2D eigenvalue weighted by Gasteiger charge is 2.17. The number of nitrogens with two attached hydrogens (primary N) is 1. The molecule has 0 unspecified atom stereocenters. The molecule has 20 heavy (non-hydrogen) atoms. The highest BCUT2D eigenvalue weighted by molar-refractivity contribution is 7.13. The van der Waals surface area contributed by atoms with Crippen molar-refractivity contribution < 1.29 is 9.53 Å². The molecule has 0 aliphatic heterocycles. The lowest BCUT2D eigenvalue weighted by Crippen LogP contribution is -2.33. The Labute approximate surface area is 121 Å². The number of hydrogen-bond acceptors (Lipinski definition) is 4. The average molecular weight is 288 g/mol. The lowest BCUT2D eigenvalue weighted by Gasteiger charge is -2.11. The van der Waals surface area contributed by atoms with Crippen LogP contribution in [0.1, 0.15) is 16.7 Å². The molecule has 0 aliphatic carbocycles. The number of rotatable bonds is 4. The summed E-state index contributed by atoms with van der Waals surface area (Å²) in [6, 6.07) is 13.1. The van der Waals surface area contributed by atoms with Crippen LogP contribution < -0.4 is 16.0 Å². The molecule has 1 aromatic carbocycles. The molecule has 104 valence electrons. The second kappa shape index (κ2) is 6.36. The first-order valence-electron chi connectivity index (χ1n) is 6.13.